The monoisotopic (exact) mass is 407 g/mol. The molecule has 0 radical (unpaired) electrons. The molecule has 1 aromatic heterocycles. The van der Waals surface area contributed by atoms with Crippen LogP contribution >= 0.6 is 11.3 Å². The Hall–Kier alpha value is -2.26. The molecule has 0 amide bonds. The quantitative estimate of drug-likeness (QED) is 0.629. The van der Waals surface area contributed by atoms with Crippen LogP contribution in [0.5, 0.6) is 5.75 Å². The average Bonchev–Trinajstić information content (AvgIpc) is 3.15. The van der Waals surface area contributed by atoms with E-state index < -0.39 is 21.9 Å². The zero-order valence-electron chi connectivity index (χ0n) is 14.4. The maximum atomic E-state index is 13.5. The van der Waals surface area contributed by atoms with Crippen molar-refractivity contribution in [2.75, 3.05) is 7.11 Å². The number of benzene rings is 2. The number of sulfonamides is 1. The second-order valence-corrected chi connectivity index (χ2v) is 8.67. The standard InChI is InChI=1S/C19H18FNO4S2/c1-25-16-9-7-14(20)11-18(16)27(23,24)21-12-15-8-10-17(26-15)19(22)13-5-3-2-4-6-13/h2-11,19,21-22H,12H2,1H3. The van der Waals surface area contributed by atoms with E-state index in [1.165, 1.54) is 24.5 Å². The van der Waals surface area contributed by atoms with E-state index in [1.54, 1.807) is 12.1 Å². The summed E-state index contributed by atoms with van der Waals surface area (Å²) in [6.07, 6.45) is -0.773. The molecule has 8 heteroatoms. The molecule has 142 valence electrons. The molecule has 1 atom stereocenters. The highest BCUT2D eigenvalue weighted by molar-refractivity contribution is 7.89. The summed E-state index contributed by atoms with van der Waals surface area (Å²) >= 11 is 1.30. The Bertz CT molecular complexity index is 1020. The van der Waals surface area contributed by atoms with Crippen molar-refractivity contribution in [3.8, 4) is 5.75 Å². The Kier molecular flexibility index (Phi) is 5.91. The predicted octanol–water partition coefficient (Wildman–Crippen LogP) is 3.46. The summed E-state index contributed by atoms with van der Waals surface area (Å²) in [5.41, 5.74) is 0.760. The van der Waals surface area contributed by atoms with Crippen molar-refractivity contribution in [3.05, 3.63) is 81.8 Å². The molecule has 3 aromatic rings. The molecule has 5 nitrogen and oxygen atoms in total. The first kappa shape index (κ1) is 19.5. The molecule has 3 rings (SSSR count). The average molecular weight is 407 g/mol. The maximum Gasteiger partial charge on any atom is 0.244 e. The highest BCUT2D eigenvalue weighted by atomic mass is 32.2. The number of halogens is 1. The van der Waals surface area contributed by atoms with Crippen LogP contribution in [0, 0.1) is 5.82 Å². The number of methoxy groups -OCH3 is 1. The van der Waals surface area contributed by atoms with Crippen LogP contribution in [0.3, 0.4) is 0 Å². The first-order valence-corrected chi connectivity index (χ1v) is 10.4. The van der Waals surface area contributed by atoms with Crippen molar-refractivity contribution < 1.29 is 22.7 Å². The van der Waals surface area contributed by atoms with Crippen LogP contribution in [-0.4, -0.2) is 20.6 Å². The van der Waals surface area contributed by atoms with E-state index in [9.17, 15) is 17.9 Å². The number of hydrogen-bond acceptors (Lipinski definition) is 5. The second kappa shape index (κ2) is 8.18. The second-order valence-electron chi connectivity index (χ2n) is 5.74. The third kappa shape index (κ3) is 4.54. The molecule has 0 aliphatic rings. The summed E-state index contributed by atoms with van der Waals surface area (Å²) in [6.45, 7) is 0.0220. The number of nitrogens with one attached hydrogen (secondary N) is 1. The molecule has 0 aliphatic heterocycles. The smallest absolute Gasteiger partial charge is 0.244 e. The van der Waals surface area contributed by atoms with E-state index in [0.717, 1.165) is 22.6 Å². The lowest BCUT2D eigenvalue weighted by Crippen LogP contribution is -2.23. The largest absolute Gasteiger partial charge is 0.495 e. The van der Waals surface area contributed by atoms with E-state index in [0.29, 0.717) is 4.88 Å². The third-order valence-corrected chi connectivity index (χ3v) is 6.48. The Labute approximate surface area is 161 Å². The van der Waals surface area contributed by atoms with Crippen LogP contribution in [-0.2, 0) is 16.6 Å². The van der Waals surface area contributed by atoms with Crippen molar-refractivity contribution in [1.82, 2.24) is 4.72 Å². The molecule has 0 fully saturated rings. The topological polar surface area (TPSA) is 75.6 Å². The van der Waals surface area contributed by atoms with Crippen LogP contribution in [0.1, 0.15) is 21.4 Å². The van der Waals surface area contributed by atoms with Crippen molar-refractivity contribution >= 4 is 21.4 Å². The molecule has 0 bridgehead atoms. The summed E-state index contributed by atoms with van der Waals surface area (Å²) < 4.78 is 45.9. The van der Waals surface area contributed by atoms with Crippen LogP contribution in [0.15, 0.2) is 65.6 Å². The zero-order chi connectivity index (χ0) is 19.4. The van der Waals surface area contributed by atoms with Gasteiger partial charge < -0.3 is 9.84 Å². The molecule has 2 aromatic carbocycles. The van der Waals surface area contributed by atoms with Gasteiger partial charge in [0.25, 0.3) is 0 Å². The number of rotatable bonds is 7. The molecule has 0 aliphatic carbocycles. The number of aliphatic hydroxyl groups excluding tert-OH is 1. The van der Waals surface area contributed by atoms with Gasteiger partial charge in [-0.3, -0.25) is 0 Å². The Morgan fingerprint density at radius 3 is 2.59 bits per heavy atom. The first-order chi connectivity index (χ1) is 12.9. The van der Waals surface area contributed by atoms with E-state index in [-0.39, 0.29) is 17.2 Å². The van der Waals surface area contributed by atoms with Crippen LogP contribution < -0.4 is 9.46 Å². The van der Waals surface area contributed by atoms with Gasteiger partial charge in [0.15, 0.2) is 0 Å². The van der Waals surface area contributed by atoms with Gasteiger partial charge in [-0.05, 0) is 35.9 Å². The summed E-state index contributed by atoms with van der Waals surface area (Å²) in [7, 11) is -2.64. The van der Waals surface area contributed by atoms with Gasteiger partial charge in [0.05, 0.1) is 7.11 Å². The van der Waals surface area contributed by atoms with Crippen molar-refractivity contribution in [2.45, 2.75) is 17.5 Å². The maximum absolute atomic E-state index is 13.5. The summed E-state index contributed by atoms with van der Waals surface area (Å²) in [4.78, 5) is 1.17. The lowest BCUT2D eigenvalue weighted by Gasteiger charge is -2.10. The minimum atomic E-state index is -3.96. The number of hydrogen-bond donors (Lipinski definition) is 2. The van der Waals surface area contributed by atoms with E-state index >= 15 is 0 Å². The van der Waals surface area contributed by atoms with Gasteiger partial charge >= 0.3 is 0 Å². The molecule has 0 saturated heterocycles. The Balaban J connectivity index is 1.74. The molecule has 1 unspecified atom stereocenters. The van der Waals surface area contributed by atoms with Gasteiger partial charge in [0.2, 0.25) is 10.0 Å². The van der Waals surface area contributed by atoms with Gasteiger partial charge in [-0.1, -0.05) is 30.3 Å². The van der Waals surface area contributed by atoms with Crippen molar-refractivity contribution in [3.63, 3.8) is 0 Å². The highest BCUT2D eigenvalue weighted by Crippen LogP contribution is 2.29. The van der Waals surface area contributed by atoms with Crippen LogP contribution in [0.25, 0.3) is 0 Å². The van der Waals surface area contributed by atoms with E-state index in [2.05, 4.69) is 4.72 Å². The normalized spacial score (nSPS) is 12.7. The fourth-order valence-corrected chi connectivity index (χ4v) is 4.78. The van der Waals surface area contributed by atoms with E-state index in [1.807, 2.05) is 30.3 Å². The van der Waals surface area contributed by atoms with Gasteiger partial charge in [0, 0.05) is 16.3 Å². The summed E-state index contributed by atoms with van der Waals surface area (Å²) in [5, 5.41) is 10.4. The number of aliphatic hydroxyl groups is 1. The zero-order valence-corrected chi connectivity index (χ0v) is 16.1. The fourth-order valence-electron chi connectivity index (χ4n) is 2.54. The Morgan fingerprint density at radius 2 is 1.89 bits per heavy atom. The molecule has 1 heterocycles. The van der Waals surface area contributed by atoms with Crippen molar-refractivity contribution in [1.29, 1.82) is 0 Å². The molecular formula is C19H18FNO4S2. The molecular weight excluding hydrogens is 389 g/mol. The summed E-state index contributed by atoms with van der Waals surface area (Å²) in [5.74, 6) is -0.601. The molecule has 2 N–H and O–H groups in total. The Morgan fingerprint density at radius 1 is 1.15 bits per heavy atom. The molecule has 0 spiro atoms. The van der Waals surface area contributed by atoms with Gasteiger partial charge in [-0.2, -0.15) is 0 Å². The molecule has 0 saturated carbocycles. The molecule has 27 heavy (non-hydrogen) atoms. The fraction of sp³-hybridized carbons (Fsp3) is 0.158. The van der Waals surface area contributed by atoms with Crippen molar-refractivity contribution in [2.24, 2.45) is 0 Å². The van der Waals surface area contributed by atoms with Crippen LogP contribution in [0.4, 0.5) is 4.39 Å². The van der Waals surface area contributed by atoms with E-state index in [4.69, 9.17) is 4.74 Å². The number of ether oxygens (including phenoxy) is 1. The van der Waals surface area contributed by atoms with Gasteiger partial charge in [-0.15, -0.1) is 11.3 Å². The summed E-state index contributed by atoms with van der Waals surface area (Å²) in [6, 6.07) is 16.0. The highest BCUT2D eigenvalue weighted by Gasteiger charge is 2.21. The first-order valence-electron chi connectivity index (χ1n) is 8.05. The lowest BCUT2D eigenvalue weighted by atomic mass is 10.1. The SMILES string of the molecule is COc1ccc(F)cc1S(=O)(=O)NCc1ccc(C(O)c2ccccc2)s1. The third-order valence-electron chi connectivity index (χ3n) is 3.92. The van der Waals surface area contributed by atoms with Gasteiger partial charge in [-0.25, -0.2) is 17.5 Å². The predicted molar refractivity (Wildman–Crippen MR) is 102 cm³/mol. The van der Waals surface area contributed by atoms with Crippen LogP contribution in [0.2, 0.25) is 0 Å². The number of thiophene rings is 1. The minimum absolute atomic E-state index is 0.0220. The van der Waals surface area contributed by atoms with Gasteiger partial charge in [0.1, 0.15) is 22.6 Å². The minimum Gasteiger partial charge on any atom is -0.495 e. The lowest BCUT2D eigenvalue weighted by molar-refractivity contribution is 0.224.